The molecule has 0 aliphatic heterocycles. The molecule has 0 saturated heterocycles. The molecular weight excluding hydrogens is 476 g/mol. The second kappa shape index (κ2) is 13.5. The fourth-order valence-corrected chi connectivity index (χ4v) is 5.42. The van der Waals surface area contributed by atoms with Crippen LogP contribution in [0.5, 0.6) is 0 Å². The fraction of sp³-hybridized carbons (Fsp3) is 0.481. The number of nitrogens with one attached hydrogen (secondary N) is 3. The van der Waals surface area contributed by atoms with E-state index in [1.807, 2.05) is 54.6 Å². The minimum absolute atomic E-state index is 0.0629. The summed E-state index contributed by atoms with van der Waals surface area (Å²) in [4.78, 5) is 26.3. The van der Waals surface area contributed by atoms with Gasteiger partial charge in [-0.05, 0) is 29.0 Å². The average Bonchev–Trinajstić information content (AvgIpc) is 2.88. The van der Waals surface area contributed by atoms with E-state index in [0.29, 0.717) is 25.4 Å². The van der Waals surface area contributed by atoms with Crippen molar-refractivity contribution in [3.05, 3.63) is 71.3 Å². The summed E-state index contributed by atoms with van der Waals surface area (Å²) >= 11 is 0. The Morgan fingerprint density at radius 1 is 0.917 bits per heavy atom. The van der Waals surface area contributed by atoms with E-state index in [2.05, 4.69) is 15.4 Å². The van der Waals surface area contributed by atoms with Gasteiger partial charge in [-0.3, -0.25) is 9.59 Å². The van der Waals surface area contributed by atoms with Gasteiger partial charge >= 0.3 is 0 Å². The highest BCUT2D eigenvalue weighted by molar-refractivity contribution is 7.88. The largest absolute Gasteiger partial charge is 0.354 e. The fourth-order valence-electron chi connectivity index (χ4n) is 4.70. The molecule has 9 heteroatoms. The highest BCUT2D eigenvalue weighted by Gasteiger charge is 2.28. The summed E-state index contributed by atoms with van der Waals surface area (Å²) in [5, 5.41) is 5.81. The van der Waals surface area contributed by atoms with E-state index >= 15 is 0 Å². The molecule has 2 atom stereocenters. The Labute approximate surface area is 214 Å². The van der Waals surface area contributed by atoms with Crippen LogP contribution in [0.2, 0.25) is 0 Å². The SMILES string of the molecule is CS(=O)(=O)N[C@H](CC1CCCCC1)C(=O)NC[C@H](C(=O)NCc1ccc(CN)cc1)c1ccccc1. The summed E-state index contributed by atoms with van der Waals surface area (Å²) < 4.78 is 26.4. The molecule has 1 saturated carbocycles. The van der Waals surface area contributed by atoms with Crippen LogP contribution in [0.4, 0.5) is 0 Å². The minimum Gasteiger partial charge on any atom is -0.354 e. The number of carbonyl (C=O) groups is 2. The molecule has 0 unspecified atom stereocenters. The molecule has 196 valence electrons. The predicted octanol–water partition coefficient (Wildman–Crippen LogP) is 2.55. The van der Waals surface area contributed by atoms with Gasteiger partial charge in [-0.15, -0.1) is 0 Å². The standard InChI is InChI=1S/C27H38N4O4S/c1-36(34,35)31-25(16-20-8-4-2-5-9-20)27(33)30-19-24(23-10-6-3-7-11-23)26(32)29-18-22-14-12-21(17-28)13-15-22/h3,6-7,10-15,20,24-25,31H,2,4-5,8-9,16-19,28H2,1H3,(H,29,32)(H,30,33)/t24-,25+/m0/s1. The van der Waals surface area contributed by atoms with Crippen LogP contribution in [0, 0.1) is 5.92 Å². The maximum absolute atomic E-state index is 13.2. The van der Waals surface area contributed by atoms with Gasteiger partial charge in [0, 0.05) is 19.6 Å². The molecule has 36 heavy (non-hydrogen) atoms. The summed E-state index contributed by atoms with van der Waals surface area (Å²) in [6.45, 7) is 0.868. The zero-order valence-electron chi connectivity index (χ0n) is 20.9. The second-order valence-corrected chi connectivity index (χ2v) is 11.4. The van der Waals surface area contributed by atoms with E-state index in [1.165, 1.54) is 6.42 Å². The molecule has 2 aromatic rings. The van der Waals surface area contributed by atoms with Crippen LogP contribution in [0.3, 0.4) is 0 Å². The van der Waals surface area contributed by atoms with Crippen LogP contribution in [0.15, 0.2) is 54.6 Å². The van der Waals surface area contributed by atoms with Gasteiger partial charge in [0.05, 0.1) is 12.2 Å². The van der Waals surface area contributed by atoms with Gasteiger partial charge in [-0.25, -0.2) is 13.1 Å². The topological polar surface area (TPSA) is 130 Å². The van der Waals surface area contributed by atoms with Gasteiger partial charge in [0.1, 0.15) is 6.04 Å². The maximum Gasteiger partial charge on any atom is 0.238 e. The zero-order valence-corrected chi connectivity index (χ0v) is 21.7. The molecule has 5 N–H and O–H groups in total. The van der Waals surface area contributed by atoms with Crippen molar-refractivity contribution < 1.29 is 18.0 Å². The third kappa shape index (κ3) is 9.04. The lowest BCUT2D eigenvalue weighted by Crippen LogP contribution is -2.49. The van der Waals surface area contributed by atoms with Gasteiger partial charge in [0.2, 0.25) is 21.8 Å². The number of amides is 2. The highest BCUT2D eigenvalue weighted by atomic mass is 32.2. The van der Waals surface area contributed by atoms with Crippen LogP contribution in [0.25, 0.3) is 0 Å². The second-order valence-electron chi connectivity index (χ2n) is 9.63. The molecule has 0 radical (unpaired) electrons. The number of hydrogen-bond donors (Lipinski definition) is 4. The first-order valence-corrected chi connectivity index (χ1v) is 14.5. The molecule has 0 bridgehead atoms. The van der Waals surface area contributed by atoms with Crippen molar-refractivity contribution in [1.29, 1.82) is 0 Å². The number of benzene rings is 2. The quantitative estimate of drug-likeness (QED) is 0.346. The summed E-state index contributed by atoms with van der Waals surface area (Å²) in [7, 11) is -3.57. The molecule has 3 rings (SSSR count). The average molecular weight is 515 g/mol. The van der Waals surface area contributed by atoms with Crippen molar-refractivity contribution in [3.63, 3.8) is 0 Å². The minimum atomic E-state index is -3.57. The van der Waals surface area contributed by atoms with Crippen molar-refractivity contribution >= 4 is 21.8 Å². The van der Waals surface area contributed by atoms with E-state index in [0.717, 1.165) is 48.6 Å². The summed E-state index contributed by atoms with van der Waals surface area (Å²) in [5.41, 5.74) is 8.38. The molecule has 0 spiro atoms. The van der Waals surface area contributed by atoms with Crippen LogP contribution in [-0.4, -0.2) is 39.1 Å². The first kappa shape index (κ1) is 27.8. The Morgan fingerprint density at radius 2 is 1.56 bits per heavy atom. The van der Waals surface area contributed by atoms with E-state index in [-0.39, 0.29) is 12.5 Å². The monoisotopic (exact) mass is 514 g/mol. The van der Waals surface area contributed by atoms with E-state index in [9.17, 15) is 18.0 Å². The third-order valence-electron chi connectivity index (χ3n) is 6.69. The number of hydrogen-bond acceptors (Lipinski definition) is 5. The van der Waals surface area contributed by atoms with Crippen molar-refractivity contribution in [1.82, 2.24) is 15.4 Å². The zero-order chi connectivity index (χ0) is 26.0. The first-order chi connectivity index (χ1) is 17.2. The number of sulfonamides is 1. The van der Waals surface area contributed by atoms with Crippen molar-refractivity contribution in [2.24, 2.45) is 11.7 Å². The van der Waals surface area contributed by atoms with Gasteiger partial charge in [0.15, 0.2) is 0 Å². The van der Waals surface area contributed by atoms with Gasteiger partial charge in [0.25, 0.3) is 0 Å². The van der Waals surface area contributed by atoms with Crippen molar-refractivity contribution in [3.8, 4) is 0 Å². The number of carbonyl (C=O) groups excluding carboxylic acids is 2. The van der Waals surface area contributed by atoms with Gasteiger partial charge < -0.3 is 16.4 Å². The summed E-state index contributed by atoms with van der Waals surface area (Å²) in [6, 6.07) is 16.1. The number of rotatable bonds is 12. The lowest BCUT2D eigenvalue weighted by molar-refractivity contribution is -0.124. The number of nitrogens with two attached hydrogens (primary N) is 1. The Bertz CT molecular complexity index is 1080. The normalized spacial score (nSPS) is 16.2. The van der Waals surface area contributed by atoms with Gasteiger partial charge in [-0.1, -0.05) is 86.7 Å². The van der Waals surface area contributed by atoms with Crippen molar-refractivity contribution in [2.45, 2.75) is 63.6 Å². The lowest BCUT2D eigenvalue weighted by Gasteiger charge is -2.27. The summed E-state index contributed by atoms with van der Waals surface area (Å²) in [5.74, 6) is -0.934. The van der Waals surface area contributed by atoms with Crippen LogP contribution in [0.1, 0.15) is 61.1 Å². The lowest BCUT2D eigenvalue weighted by atomic mass is 9.85. The molecule has 8 nitrogen and oxygen atoms in total. The molecule has 0 aromatic heterocycles. The van der Waals surface area contributed by atoms with E-state index in [1.54, 1.807) is 0 Å². The Kier molecular flexibility index (Phi) is 10.5. The third-order valence-corrected chi connectivity index (χ3v) is 7.40. The smallest absolute Gasteiger partial charge is 0.238 e. The molecular formula is C27H38N4O4S. The first-order valence-electron chi connectivity index (χ1n) is 12.6. The molecule has 1 fully saturated rings. The Morgan fingerprint density at radius 3 is 2.17 bits per heavy atom. The summed E-state index contributed by atoms with van der Waals surface area (Å²) in [6.07, 6.45) is 6.89. The van der Waals surface area contributed by atoms with Crippen LogP contribution < -0.4 is 21.1 Å². The highest BCUT2D eigenvalue weighted by Crippen LogP contribution is 2.27. The Balaban J connectivity index is 1.67. The van der Waals surface area contributed by atoms with Crippen LogP contribution >= 0.6 is 0 Å². The van der Waals surface area contributed by atoms with Gasteiger partial charge in [-0.2, -0.15) is 0 Å². The van der Waals surface area contributed by atoms with E-state index in [4.69, 9.17) is 5.73 Å². The molecule has 0 heterocycles. The molecule has 1 aliphatic rings. The van der Waals surface area contributed by atoms with Crippen LogP contribution in [-0.2, 0) is 32.7 Å². The van der Waals surface area contributed by atoms with Crippen molar-refractivity contribution in [2.75, 3.05) is 12.8 Å². The molecule has 2 amide bonds. The van der Waals surface area contributed by atoms with E-state index < -0.39 is 27.9 Å². The molecule has 1 aliphatic carbocycles. The molecule has 2 aromatic carbocycles. The Hall–Kier alpha value is -2.75. The maximum atomic E-state index is 13.2. The predicted molar refractivity (Wildman–Crippen MR) is 141 cm³/mol.